The number of hydrogen-bond donors (Lipinski definition) is 1. The molecule has 3 atom stereocenters. The monoisotopic (exact) mass is 434 g/mol. The van der Waals surface area contributed by atoms with Crippen molar-refractivity contribution in [1.29, 1.82) is 0 Å². The van der Waals surface area contributed by atoms with Gasteiger partial charge in [0.2, 0.25) is 10.0 Å². The second-order valence-corrected chi connectivity index (χ2v) is 10.6. The van der Waals surface area contributed by atoms with Crippen molar-refractivity contribution >= 4 is 15.9 Å². The number of carbonyl (C=O) groups is 1. The maximum absolute atomic E-state index is 15.2. The molecule has 3 fully saturated rings. The molecule has 0 spiro atoms. The molecule has 1 amide bonds. The predicted octanol–water partition coefficient (Wildman–Crippen LogP) is 1.83. The minimum absolute atomic E-state index is 0.00953. The number of carbonyl (C=O) groups excluding carboxylic acids is 1. The summed E-state index contributed by atoms with van der Waals surface area (Å²) in [6, 6.07) is 4.15. The molecule has 1 aliphatic carbocycles. The smallest absolute Gasteiger partial charge is 0.252 e. The molecule has 162 valence electrons. The normalized spacial score (nSPS) is 27.2. The van der Waals surface area contributed by atoms with Gasteiger partial charge in [-0.1, -0.05) is 24.0 Å². The van der Waals surface area contributed by atoms with Gasteiger partial charge in [0.1, 0.15) is 11.9 Å². The lowest BCUT2D eigenvalue weighted by molar-refractivity contribution is -0.157. The van der Waals surface area contributed by atoms with Crippen LogP contribution >= 0.6 is 0 Å². The van der Waals surface area contributed by atoms with E-state index in [4.69, 9.17) is 4.74 Å². The van der Waals surface area contributed by atoms with Crippen molar-refractivity contribution < 1.29 is 22.3 Å². The molecular formula is C22H27FN2O4S. The van der Waals surface area contributed by atoms with Crippen molar-refractivity contribution in [2.24, 2.45) is 5.41 Å². The number of nitrogens with one attached hydrogen (secondary N) is 1. The Labute approximate surface area is 177 Å². The van der Waals surface area contributed by atoms with Crippen LogP contribution in [0.2, 0.25) is 0 Å². The van der Waals surface area contributed by atoms with E-state index in [-0.39, 0.29) is 17.7 Å². The van der Waals surface area contributed by atoms with Gasteiger partial charge in [-0.15, -0.1) is 0 Å². The number of sulfonamides is 1. The fourth-order valence-corrected chi connectivity index (χ4v) is 4.82. The minimum Gasteiger partial charge on any atom is -0.368 e. The number of halogens is 1. The van der Waals surface area contributed by atoms with Gasteiger partial charge in [-0.3, -0.25) is 4.79 Å². The summed E-state index contributed by atoms with van der Waals surface area (Å²) in [5.74, 6) is 5.56. The third-order valence-electron chi connectivity index (χ3n) is 6.18. The second kappa shape index (κ2) is 7.95. The van der Waals surface area contributed by atoms with Crippen LogP contribution in [0.3, 0.4) is 0 Å². The standard InChI is InChI=1S/C22H27FN2O4S/c1-22(10-11-22)9-6-15-4-3-5-16(20(15)23)14-18-17(24-30(2,27)28)7-12-25(18)21(26)19-8-13-29-19/h3-5,17-19,24H,7-8,10-14H2,1-2H3/t17-,18-,19+/m0/s1. The lowest BCUT2D eigenvalue weighted by atomic mass is 9.97. The van der Waals surface area contributed by atoms with E-state index >= 15 is 4.39 Å². The number of likely N-dealkylation sites (tertiary alicyclic amines) is 1. The minimum atomic E-state index is -3.47. The van der Waals surface area contributed by atoms with E-state index in [1.807, 2.05) is 0 Å². The molecule has 2 aliphatic heterocycles. The van der Waals surface area contributed by atoms with Gasteiger partial charge in [0.15, 0.2) is 0 Å². The molecule has 1 N–H and O–H groups in total. The Morgan fingerprint density at radius 3 is 2.70 bits per heavy atom. The lowest BCUT2D eigenvalue weighted by Crippen LogP contribution is -2.52. The maximum Gasteiger partial charge on any atom is 0.252 e. The maximum atomic E-state index is 15.2. The van der Waals surface area contributed by atoms with Crippen molar-refractivity contribution in [2.45, 2.75) is 57.2 Å². The molecule has 3 aliphatic rings. The summed E-state index contributed by atoms with van der Waals surface area (Å²) in [5, 5.41) is 0. The van der Waals surface area contributed by atoms with Crippen LogP contribution in [0.5, 0.6) is 0 Å². The number of nitrogens with zero attached hydrogens (tertiary/aromatic N) is 1. The van der Waals surface area contributed by atoms with Gasteiger partial charge in [0.25, 0.3) is 5.91 Å². The Morgan fingerprint density at radius 2 is 2.10 bits per heavy atom. The molecule has 2 saturated heterocycles. The van der Waals surface area contributed by atoms with E-state index in [0.717, 1.165) is 19.1 Å². The first-order chi connectivity index (χ1) is 14.2. The quantitative estimate of drug-likeness (QED) is 0.718. The Kier molecular flexibility index (Phi) is 5.64. The number of amides is 1. The molecule has 8 heteroatoms. The van der Waals surface area contributed by atoms with Gasteiger partial charge in [0.05, 0.1) is 24.5 Å². The Hall–Kier alpha value is -1.95. The molecule has 1 aromatic carbocycles. The van der Waals surface area contributed by atoms with Gasteiger partial charge >= 0.3 is 0 Å². The largest absolute Gasteiger partial charge is 0.368 e. The fourth-order valence-electron chi connectivity index (χ4n) is 4.00. The van der Waals surface area contributed by atoms with Crippen LogP contribution in [0, 0.1) is 23.1 Å². The molecule has 6 nitrogen and oxygen atoms in total. The van der Waals surface area contributed by atoms with Gasteiger partial charge in [-0.05, 0) is 44.2 Å². The SMILES string of the molecule is CC1(C#Cc2cccc(C[C@H]3[C@@H](NS(C)(=O)=O)CCN3C(=O)[C@H]3CCO3)c2F)CC1. The van der Waals surface area contributed by atoms with Crippen molar-refractivity contribution in [2.75, 3.05) is 19.4 Å². The first-order valence-electron chi connectivity index (χ1n) is 10.4. The van der Waals surface area contributed by atoms with Crippen LogP contribution in [0.4, 0.5) is 4.39 Å². The third kappa shape index (κ3) is 4.69. The average Bonchev–Trinajstić information content (AvgIpc) is 3.23. The molecule has 0 radical (unpaired) electrons. The zero-order valence-electron chi connectivity index (χ0n) is 17.3. The average molecular weight is 435 g/mol. The van der Waals surface area contributed by atoms with Gasteiger partial charge in [-0.25, -0.2) is 17.5 Å². The lowest BCUT2D eigenvalue weighted by Gasteiger charge is -2.34. The van der Waals surface area contributed by atoms with E-state index in [1.54, 1.807) is 23.1 Å². The molecule has 1 aromatic rings. The summed E-state index contributed by atoms with van der Waals surface area (Å²) in [7, 11) is -3.47. The van der Waals surface area contributed by atoms with Crippen LogP contribution in [0.25, 0.3) is 0 Å². The molecule has 4 rings (SSSR count). The van der Waals surface area contributed by atoms with Crippen molar-refractivity contribution in [1.82, 2.24) is 9.62 Å². The first kappa shape index (κ1) is 21.3. The highest BCUT2D eigenvalue weighted by molar-refractivity contribution is 7.88. The number of hydrogen-bond acceptors (Lipinski definition) is 4. The third-order valence-corrected chi connectivity index (χ3v) is 6.91. The Balaban J connectivity index is 1.59. The molecule has 0 bridgehead atoms. The topological polar surface area (TPSA) is 75.7 Å². The molecule has 2 heterocycles. The van der Waals surface area contributed by atoms with Crippen LogP contribution in [-0.2, 0) is 26.0 Å². The van der Waals surface area contributed by atoms with Crippen LogP contribution in [0.1, 0.15) is 43.7 Å². The molecule has 0 aromatic heterocycles. The summed E-state index contributed by atoms with van der Waals surface area (Å²) >= 11 is 0. The van der Waals surface area contributed by atoms with Crippen LogP contribution in [-0.4, -0.2) is 56.8 Å². The van der Waals surface area contributed by atoms with Crippen molar-refractivity contribution in [3.8, 4) is 11.8 Å². The number of rotatable bonds is 5. The highest BCUT2D eigenvalue weighted by Gasteiger charge is 2.42. The van der Waals surface area contributed by atoms with Crippen LogP contribution < -0.4 is 4.72 Å². The second-order valence-electron chi connectivity index (χ2n) is 8.83. The number of ether oxygens (including phenoxy) is 1. The van der Waals surface area contributed by atoms with Crippen LogP contribution in [0.15, 0.2) is 18.2 Å². The number of benzene rings is 1. The van der Waals surface area contributed by atoms with E-state index in [0.29, 0.717) is 37.1 Å². The summed E-state index contributed by atoms with van der Waals surface area (Å²) < 4.78 is 46.8. The molecule has 0 unspecified atom stereocenters. The van der Waals surface area contributed by atoms with Gasteiger partial charge < -0.3 is 9.64 Å². The summed E-state index contributed by atoms with van der Waals surface area (Å²) in [6.07, 6.45) is 4.03. The van der Waals surface area contributed by atoms with E-state index < -0.39 is 34.0 Å². The Morgan fingerprint density at radius 1 is 1.37 bits per heavy atom. The highest BCUT2D eigenvalue weighted by Crippen LogP contribution is 2.44. The summed E-state index contributed by atoms with van der Waals surface area (Å²) in [6.45, 7) is 3.03. The molecular weight excluding hydrogens is 407 g/mol. The van der Waals surface area contributed by atoms with Gasteiger partial charge in [-0.2, -0.15) is 0 Å². The highest BCUT2D eigenvalue weighted by atomic mass is 32.2. The molecule has 30 heavy (non-hydrogen) atoms. The van der Waals surface area contributed by atoms with Crippen molar-refractivity contribution in [3.63, 3.8) is 0 Å². The van der Waals surface area contributed by atoms with Gasteiger partial charge in [0, 0.05) is 24.4 Å². The zero-order valence-corrected chi connectivity index (χ0v) is 18.1. The Bertz CT molecular complexity index is 1010. The van der Waals surface area contributed by atoms with E-state index in [2.05, 4.69) is 23.5 Å². The first-order valence-corrected chi connectivity index (χ1v) is 12.2. The fraction of sp³-hybridized carbons (Fsp3) is 0.591. The summed E-state index contributed by atoms with van der Waals surface area (Å²) in [5.41, 5.74) is 0.762. The van der Waals surface area contributed by atoms with E-state index in [9.17, 15) is 13.2 Å². The van der Waals surface area contributed by atoms with E-state index in [1.165, 1.54) is 0 Å². The molecule has 1 saturated carbocycles. The summed E-state index contributed by atoms with van der Waals surface area (Å²) in [4.78, 5) is 14.5. The predicted molar refractivity (Wildman–Crippen MR) is 111 cm³/mol. The zero-order chi connectivity index (χ0) is 21.5. The van der Waals surface area contributed by atoms with Crippen molar-refractivity contribution in [3.05, 3.63) is 35.1 Å².